The number of nitrogens with one attached hydrogen (secondary N) is 1. The summed E-state index contributed by atoms with van der Waals surface area (Å²) in [6, 6.07) is 16.3. The van der Waals surface area contributed by atoms with E-state index >= 15 is 0 Å². The van der Waals surface area contributed by atoms with Crippen LogP contribution in [0.1, 0.15) is 39.2 Å². The van der Waals surface area contributed by atoms with E-state index in [0.717, 1.165) is 55.4 Å². The lowest BCUT2D eigenvalue weighted by Crippen LogP contribution is -2.05. The van der Waals surface area contributed by atoms with E-state index in [9.17, 15) is 0 Å². The molecule has 0 aliphatic rings. The van der Waals surface area contributed by atoms with Crippen molar-refractivity contribution in [1.82, 2.24) is 0 Å². The van der Waals surface area contributed by atoms with Crippen molar-refractivity contribution >= 4 is 5.69 Å². The molecule has 0 amide bonds. The molecular weight excluding hydrogens is 298 g/mol. The van der Waals surface area contributed by atoms with Gasteiger partial charge in [0.15, 0.2) is 0 Å². The van der Waals surface area contributed by atoms with Gasteiger partial charge < -0.3 is 14.8 Å². The Balaban J connectivity index is 1.92. The Labute approximate surface area is 146 Å². The third kappa shape index (κ3) is 6.15. The van der Waals surface area contributed by atoms with E-state index < -0.39 is 0 Å². The fourth-order valence-corrected chi connectivity index (χ4v) is 2.31. The van der Waals surface area contributed by atoms with E-state index in [1.54, 1.807) is 0 Å². The minimum absolute atomic E-state index is 0.658. The molecule has 2 aromatic carbocycles. The highest BCUT2D eigenvalue weighted by atomic mass is 16.5. The predicted molar refractivity (Wildman–Crippen MR) is 101 cm³/mol. The minimum Gasteiger partial charge on any atom is -0.494 e. The van der Waals surface area contributed by atoms with Crippen LogP contribution in [0.25, 0.3) is 0 Å². The monoisotopic (exact) mass is 327 g/mol. The molecule has 0 radical (unpaired) electrons. The van der Waals surface area contributed by atoms with Crippen molar-refractivity contribution in [3.63, 3.8) is 0 Å². The Hall–Kier alpha value is -2.16. The molecule has 2 aromatic rings. The van der Waals surface area contributed by atoms with Crippen LogP contribution >= 0.6 is 0 Å². The molecule has 0 heterocycles. The first-order valence-electron chi connectivity index (χ1n) is 8.86. The van der Waals surface area contributed by atoms with Gasteiger partial charge in [0.05, 0.1) is 13.2 Å². The minimum atomic E-state index is 0.658. The molecule has 0 aliphatic carbocycles. The fourth-order valence-electron chi connectivity index (χ4n) is 2.31. The van der Waals surface area contributed by atoms with Gasteiger partial charge in [0.2, 0.25) is 0 Å². The maximum atomic E-state index is 5.82. The van der Waals surface area contributed by atoms with Crippen LogP contribution in [0, 0.1) is 5.92 Å². The molecule has 24 heavy (non-hydrogen) atoms. The summed E-state index contributed by atoms with van der Waals surface area (Å²) in [6.07, 6.45) is 2.08. The highest BCUT2D eigenvalue weighted by molar-refractivity contribution is 5.49. The SMILES string of the molecule is CCCOc1ccccc1CNc1cccc(OCCC(C)C)c1. The first kappa shape index (κ1) is 18.2. The molecule has 3 heteroatoms. The van der Waals surface area contributed by atoms with Crippen LogP contribution in [0.5, 0.6) is 11.5 Å². The van der Waals surface area contributed by atoms with E-state index in [2.05, 4.69) is 44.3 Å². The van der Waals surface area contributed by atoms with Gasteiger partial charge in [-0.2, -0.15) is 0 Å². The van der Waals surface area contributed by atoms with Gasteiger partial charge in [-0.1, -0.05) is 45.0 Å². The van der Waals surface area contributed by atoms with E-state index in [4.69, 9.17) is 9.47 Å². The summed E-state index contributed by atoms with van der Waals surface area (Å²) in [5, 5.41) is 3.46. The van der Waals surface area contributed by atoms with E-state index in [0.29, 0.717) is 5.92 Å². The van der Waals surface area contributed by atoms with Gasteiger partial charge in [0.25, 0.3) is 0 Å². The smallest absolute Gasteiger partial charge is 0.124 e. The highest BCUT2D eigenvalue weighted by Gasteiger charge is 2.03. The topological polar surface area (TPSA) is 30.5 Å². The molecule has 0 spiro atoms. The lowest BCUT2D eigenvalue weighted by molar-refractivity contribution is 0.289. The van der Waals surface area contributed by atoms with E-state index in [1.165, 1.54) is 0 Å². The average Bonchev–Trinajstić information content (AvgIpc) is 2.59. The molecule has 2 rings (SSSR count). The second kappa shape index (κ2) is 9.86. The van der Waals surface area contributed by atoms with Crippen molar-refractivity contribution < 1.29 is 9.47 Å². The van der Waals surface area contributed by atoms with Crippen LogP contribution in [0.2, 0.25) is 0 Å². The van der Waals surface area contributed by atoms with Gasteiger partial charge in [0.1, 0.15) is 11.5 Å². The summed E-state index contributed by atoms with van der Waals surface area (Å²) < 4.78 is 11.6. The molecule has 130 valence electrons. The largest absolute Gasteiger partial charge is 0.494 e. The Morgan fingerprint density at radius 1 is 0.958 bits per heavy atom. The van der Waals surface area contributed by atoms with Crippen LogP contribution < -0.4 is 14.8 Å². The average molecular weight is 327 g/mol. The molecule has 0 aromatic heterocycles. The third-order valence-corrected chi connectivity index (χ3v) is 3.72. The summed E-state index contributed by atoms with van der Waals surface area (Å²) in [5.41, 5.74) is 2.22. The summed E-state index contributed by atoms with van der Waals surface area (Å²) in [5.74, 6) is 2.53. The molecule has 0 bridgehead atoms. The number of hydrogen-bond donors (Lipinski definition) is 1. The molecular formula is C21H29NO2. The number of para-hydroxylation sites is 1. The second-order valence-electron chi connectivity index (χ2n) is 6.37. The quantitative estimate of drug-likeness (QED) is 0.624. The zero-order valence-electron chi connectivity index (χ0n) is 15.0. The third-order valence-electron chi connectivity index (χ3n) is 3.72. The molecule has 0 unspecified atom stereocenters. The molecule has 3 nitrogen and oxygen atoms in total. The summed E-state index contributed by atoms with van der Waals surface area (Å²) in [7, 11) is 0. The molecule has 0 aliphatic heterocycles. The van der Waals surface area contributed by atoms with Crippen LogP contribution in [0.3, 0.4) is 0 Å². The summed E-state index contributed by atoms with van der Waals surface area (Å²) in [6.45, 7) is 8.77. The van der Waals surface area contributed by atoms with Gasteiger partial charge in [-0.25, -0.2) is 0 Å². The first-order valence-corrected chi connectivity index (χ1v) is 8.86. The van der Waals surface area contributed by atoms with Crippen molar-refractivity contribution in [2.75, 3.05) is 18.5 Å². The number of hydrogen-bond acceptors (Lipinski definition) is 3. The number of rotatable bonds is 10. The standard InChI is InChI=1S/C21H29NO2/c1-4-13-24-21-11-6-5-8-18(21)16-22-19-9-7-10-20(15-19)23-14-12-17(2)3/h5-11,15,17,22H,4,12-14,16H2,1-3H3. The van der Waals surface area contributed by atoms with Crippen LogP contribution in [-0.4, -0.2) is 13.2 Å². The van der Waals surface area contributed by atoms with Crippen molar-refractivity contribution in [3.05, 3.63) is 54.1 Å². The van der Waals surface area contributed by atoms with Crippen molar-refractivity contribution in [2.24, 2.45) is 5.92 Å². The molecule has 0 atom stereocenters. The van der Waals surface area contributed by atoms with Crippen molar-refractivity contribution in [2.45, 2.75) is 40.2 Å². The van der Waals surface area contributed by atoms with Gasteiger partial charge in [0, 0.05) is 23.9 Å². The molecule has 0 saturated heterocycles. The molecule has 0 fully saturated rings. The Morgan fingerprint density at radius 2 is 1.79 bits per heavy atom. The lowest BCUT2D eigenvalue weighted by atomic mass is 10.1. The zero-order chi connectivity index (χ0) is 17.2. The normalized spacial score (nSPS) is 10.7. The predicted octanol–water partition coefficient (Wildman–Crippen LogP) is 5.51. The Bertz CT molecular complexity index is 610. The number of benzene rings is 2. The maximum Gasteiger partial charge on any atom is 0.124 e. The van der Waals surface area contributed by atoms with Crippen molar-refractivity contribution in [1.29, 1.82) is 0 Å². The summed E-state index contributed by atoms with van der Waals surface area (Å²) in [4.78, 5) is 0. The zero-order valence-corrected chi connectivity index (χ0v) is 15.0. The van der Waals surface area contributed by atoms with E-state index in [-0.39, 0.29) is 0 Å². The fraction of sp³-hybridized carbons (Fsp3) is 0.429. The van der Waals surface area contributed by atoms with Gasteiger partial charge in [-0.05, 0) is 37.0 Å². The second-order valence-corrected chi connectivity index (χ2v) is 6.37. The van der Waals surface area contributed by atoms with Crippen LogP contribution in [0.4, 0.5) is 5.69 Å². The molecule has 1 N–H and O–H groups in total. The first-order chi connectivity index (χ1) is 11.7. The summed E-state index contributed by atoms with van der Waals surface area (Å²) >= 11 is 0. The van der Waals surface area contributed by atoms with Crippen LogP contribution in [0.15, 0.2) is 48.5 Å². The van der Waals surface area contributed by atoms with Crippen molar-refractivity contribution in [3.8, 4) is 11.5 Å². The number of anilines is 1. The van der Waals surface area contributed by atoms with E-state index in [1.807, 2.05) is 30.3 Å². The van der Waals surface area contributed by atoms with Gasteiger partial charge in [-0.15, -0.1) is 0 Å². The maximum absolute atomic E-state index is 5.82. The highest BCUT2D eigenvalue weighted by Crippen LogP contribution is 2.22. The number of ether oxygens (including phenoxy) is 2. The Kier molecular flexibility index (Phi) is 7.47. The van der Waals surface area contributed by atoms with Gasteiger partial charge >= 0.3 is 0 Å². The van der Waals surface area contributed by atoms with Gasteiger partial charge in [-0.3, -0.25) is 0 Å². The Morgan fingerprint density at radius 3 is 2.58 bits per heavy atom. The van der Waals surface area contributed by atoms with Crippen LogP contribution in [-0.2, 0) is 6.54 Å². The lowest BCUT2D eigenvalue weighted by Gasteiger charge is -2.13. The molecule has 0 saturated carbocycles.